The molecule has 0 amide bonds. The van der Waals surface area contributed by atoms with E-state index >= 15 is 0 Å². The maximum atomic E-state index is 13.8. The van der Waals surface area contributed by atoms with Crippen molar-refractivity contribution in [2.24, 2.45) is 0 Å². The standard InChI is InChI=1S/C90H122O2S2/c1-9-17-25-33-41-67-49-68(42-34-26-18-10-2)54-75(53-67)89(76-55-69(43-35-27-19-11-3)50-70(56-76)44-36-28-20-12-4)85-63-82-84-62-80(66-92)94-88(84)90(86(82)64-81(85)83-61-79(65-91)93-87(83)89,77-57-71(45-37-29-21-13-5)51-72(58-77)46-38-30-22-14-6)78-59-73(47-39-31-23-15-7)52-74(60-78)48-40-32-24-16-8/h49-66H,9-48H2,1-8H3. The van der Waals surface area contributed by atoms with E-state index in [0.29, 0.717) is 0 Å². The van der Waals surface area contributed by atoms with Crippen LogP contribution in [0.5, 0.6) is 0 Å². The summed E-state index contributed by atoms with van der Waals surface area (Å²) in [4.78, 5) is 31.8. The molecule has 0 atom stereocenters. The zero-order valence-electron chi connectivity index (χ0n) is 60.3. The van der Waals surface area contributed by atoms with Gasteiger partial charge in [0.15, 0.2) is 12.6 Å². The van der Waals surface area contributed by atoms with E-state index < -0.39 is 10.8 Å². The Labute approximate surface area is 580 Å². The summed E-state index contributed by atoms with van der Waals surface area (Å²) in [5, 5.41) is 0. The van der Waals surface area contributed by atoms with Gasteiger partial charge in [0.05, 0.1) is 20.6 Å². The summed E-state index contributed by atoms with van der Waals surface area (Å²) in [6.07, 6.45) is 50.0. The molecular weight excluding hydrogens is 1180 g/mol. The van der Waals surface area contributed by atoms with Crippen LogP contribution in [0.1, 0.15) is 368 Å². The molecule has 506 valence electrons. The van der Waals surface area contributed by atoms with E-state index in [-0.39, 0.29) is 0 Å². The van der Waals surface area contributed by atoms with Crippen LogP contribution in [0.25, 0.3) is 22.3 Å². The van der Waals surface area contributed by atoms with Gasteiger partial charge in [0.1, 0.15) is 0 Å². The first-order valence-corrected chi connectivity index (χ1v) is 40.7. The van der Waals surface area contributed by atoms with Gasteiger partial charge in [-0.05, 0) is 227 Å². The lowest BCUT2D eigenvalue weighted by atomic mass is 9.66. The molecule has 7 aromatic rings. The molecule has 0 saturated heterocycles. The molecule has 0 fully saturated rings. The van der Waals surface area contributed by atoms with E-state index in [1.807, 2.05) is 0 Å². The quantitative estimate of drug-likeness (QED) is 0.0281. The molecule has 2 aliphatic rings. The molecule has 2 aromatic heterocycles. The Morgan fingerprint density at radius 2 is 0.447 bits per heavy atom. The van der Waals surface area contributed by atoms with Crippen molar-refractivity contribution in [1.82, 2.24) is 0 Å². The van der Waals surface area contributed by atoms with Crippen molar-refractivity contribution >= 4 is 35.2 Å². The first-order valence-electron chi connectivity index (χ1n) is 39.1. The Kier molecular flexibility index (Phi) is 29.2. The van der Waals surface area contributed by atoms with Gasteiger partial charge in [0.2, 0.25) is 0 Å². The highest BCUT2D eigenvalue weighted by atomic mass is 32.1. The van der Waals surface area contributed by atoms with Gasteiger partial charge >= 0.3 is 0 Å². The third kappa shape index (κ3) is 17.6. The highest BCUT2D eigenvalue weighted by Crippen LogP contribution is 2.65. The molecule has 2 nitrogen and oxygen atoms in total. The molecule has 0 unspecified atom stereocenters. The molecule has 4 heteroatoms. The number of fused-ring (bicyclic) bond motifs is 6. The van der Waals surface area contributed by atoms with Crippen LogP contribution in [0.4, 0.5) is 0 Å². The number of hydrogen-bond donors (Lipinski definition) is 0. The van der Waals surface area contributed by atoms with Gasteiger partial charge in [-0.2, -0.15) is 0 Å². The van der Waals surface area contributed by atoms with Crippen molar-refractivity contribution in [3.8, 4) is 22.3 Å². The van der Waals surface area contributed by atoms with Gasteiger partial charge in [-0.3, -0.25) is 9.59 Å². The molecule has 2 aliphatic carbocycles. The molecule has 5 aromatic carbocycles. The van der Waals surface area contributed by atoms with Crippen LogP contribution in [0.3, 0.4) is 0 Å². The normalized spacial score (nSPS) is 13.4. The minimum absolute atomic E-state index is 0.704. The average molecular weight is 1300 g/mol. The fraction of sp³-hybridized carbons (Fsp3) is 0.556. The number of rotatable bonds is 46. The molecule has 0 aliphatic heterocycles. The number of unbranched alkanes of at least 4 members (excludes halogenated alkanes) is 24. The van der Waals surface area contributed by atoms with Crippen LogP contribution in [0.15, 0.2) is 97.1 Å². The number of aryl methyl sites for hydroxylation is 8. The van der Waals surface area contributed by atoms with Crippen LogP contribution in [-0.2, 0) is 62.2 Å². The van der Waals surface area contributed by atoms with Crippen LogP contribution >= 0.6 is 22.7 Å². The summed E-state index contributed by atoms with van der Waals surface area (Å²) in [7, 11) is 0. The Bertz CT molecular complexity index is 2990. The Morgan fingerprint density at radius 3 is 0.628 bits per heavy atom. The molecule has 0 bridgehead atoms. The lowest BCUT2D eigenvalue weighted by Crippen LogP contribution is -2.30. The fourth-order valence-electron chi connectivity index (χ4n) is 16.4. The summed E-state index contributed by atoms with van der Waals surface area (Å²) in [6, 6.07) is 41.5. The summed E-state index contributed by atoms with van der Waals surface area (Å²) in [5.41, 5.74) is 23.3. The SMILES string of the molecule is CCCCCCc1cc(CCCCCC)cc(C2(c3cc(CCCCCC)cc(CCCCCC)c3)c3cc4c(cc3-c3cc(C=O)sc32)C(c2cc(CCCCCC)cc(CCCCCC)c2)(c2cc(CCCCCC)cc(CCCCCC)c2)c2sc(C=O)cc2-4)c1. The van der Waals surface area contributed by atoms with Crippen molar-refractivity contribution in [3.05, 3.63) is 194 Å². The fourth-order valence-corrected chi connectivity index (χ4v) is 18.9. The molecule has 0 saturated carbocycles. The second-order valence-corrected chi connectivity index (χ2v) is 31.3. The van der Waals surface area contributed by atoms with Gasteiger partial charge < -0.3 is 0 Å². The highest BCUT2D eigenvalue weighted by molar-refractivity contribution is 7.15. The van der Waals surface area contributed by atoms with E-state index in [0.717, 1.165) is 73.7 Å². The summed E-state index contributed by atoms with van der Waals surface area (Å²) in [6.45, 7) is 18.6. The molecule has 94 heavy (non-hydrogen) atoms. The van der Waals surface area contributed by atoms with Crippen LogP contribution in [0.2, 0.25) is 0 Å². The van der Waals surface area contributed by atoms with Crippen LogP contribution in [-0.4, -0.2) is 12.6 Å². The third-order valence-corrected chi connectivity index (χ3v) is 23.8. The molecule has 9 rings (SSSR count). The van der Waals surface area contributed by atoms with Crippen molar-refractivity contribution < 1.29 is 9.59 Å². The van der Waals surface area contributed by atoms with Crippen molar-refractivity contribution in [3.63, 3.8) is 0 Å². The largest absolute Gasteiger partial charge is 0.297 e. The van der Waals surface area contributed by atoms with Gasteiger partial charge in [-0.25, -0.2) is 0 Å². The predicted molar refractivity (Wildman–Crippen MR) is 410 cm³/mol. The topological polar surface area (TPSA) is 34.1 Å². The maximum Gasteiger partial charge on any atom is 0.160 e. The second-order valence-electron chi connectivity index (χ2n) is 29.1. The maximum absolute atomic E-state index is 13.8. The van der Waals surface area contributed by atoms with Crippen molar-refractivity contribution in [2.75, 3.05) is 0 Å². The first-order chi connectivity index (χ1) is 46.2. The van der Waals surface area contributed by atoms with E-state index in [1.54, 1.807) is 22.7 Å². The number of carbonyl (C=O) groups excluding carboxylic acids is 2. The lowest BCUT2D eigenvalue weighted by molar-refractivity contribution is 0.111. The average Bonchev–Trinajstić information content (AvgIpc) is 1.50. The summed E-state index contributed by atoms with van der Waals surface area (Å²) < 4.78 is 0. The summed E-state index contributed by atoms with van der Waals surface area (Å²) >= 11 is 3.52. The number of aldehydes is 2. The van der Waals surface area contributed by atoms with Gasteiger partial charge in [-0.1, -0.05) is 282 Å². The zero-order valence-corrected chi connectivity index (χ0v) is 61.9. The molecule has 0 N–H and O–H groups in total. The minimum atomic E-state index is -0.704. The molecule has 0 radical (unpaired) electrons. The highest BCUT2D eigenvalue weighted by Gasteiger charge is 2.54. The second kappa shape index (κ2) is 37.5. The molecular formula is C90H122O2S2. The van der Waals surface area contributed by atoms with Gasteiger partial charge in [-0.15, -0.1) is 22.7 Å². The smallest absolute Gasteiger partial charge is 0.160 e. The summed E-state index contributed by atoms with van der Waals surface area (Å²) in [5.74, 6) is 0. The van der Waals surface area contributed by atoms with Crippen molar-refractivity contribution in [1.29, 1.82) is 0 Å². The van der Waals surface area contributed by atoms with Gasteiger partial charge in [0.25, 0.3) is 0 Å². The van der Waals surface area contributed by atoms with E-state index in [4.69, 9.17) is 0 Å². The number of thiophene rings is 2. The van der Waals surface area contributed by atoms with Gasteiger partial charge in [0, 0.05) is 9.75 Å². The van der Waals surface area contributed by atoms with E-state index in [1.165, 1.54) is 315 Å². The zero-order chi connectivity index (χ0) is 66.1. The van der Waals surface area contributed by atoms with Crippen LogP contribution in [0, 0.1) is 0 Å². The van der Waals surface area contributed by atoms with E-state index in [9.17, 15) is 9.59 Å². The predicted octanol–water partition coefficient (Wildman–Crippen LogP) is 27.1. The van der Waals surface area contributed by atoms with E-state index in [2.05, 4.69) is 152 Å². The lowest BCUT2D eigenvalue weighted by Gasteiger charge is -2.36. The molecule has 0 spiro atoms. The Balaban J connectivity index is 1.42. The molecule has 2 heterocycles. The first kappa shape index (κ1) is 73.1. The Hall–Kier alpha value is -5.16. The number of benzene rings is 5. The van der Waals surface area contributed by atoms with Crippen molar-refractivity contribution in [2.45, 2.75) is 323 Å². The third-order valence-electron chi connectivity index (χ3n) is 21.5. The number of carbonyl (C=O) groups is 2. The monoisotopic (exact) mass is 1300 g/mol. The minimum Gasteiger partial charge on any atom is -0.297 e. The van der Waals surface area contributed by atoms with Crippen LogP contribution < -0.4 is 0 Å². The number of hydrogen-bond acceptors (Lipinski definition) is 4. The Morgan fingerprint density at radius 1 is 0.245 bits per heavy atom.